The Morgan fingerprint density at radius 2 is 2.05 bits per heavy atom. The van der Waals surface area contributed by atoms with E-state index in [-0.39, 0.29) is 17.6 Å². The van der Waals surface area contributed by atoms with Crippen molar-refractivity contribution in [3.63, 3.8) is 0 Å². The number of nitrogens with one attached hydrogen (secondary N) is 2. The molecule has 0 saturated carbocycles. The highest BCUT2D eigenvalue weighted by atomic mass is 16.5. The van der Waals surface area contributed by atoms with Crippen molar-refractivity contribution in [2.75, 3.05) is 19.8 Å². The standard InChI is InChI=1S/C14H18N2O4/c17-13(18)11-3-1-10(2-4-11)5-7-15-14(19)16-12-6-8-20-9-12/h1-4,12H,5-9H2,(H,17,18)(H2,15,16,19). The first-order valence-electron chi connectivity index (χ1n) is 6.59. The van der Waals surface area contributed by atoms with Gasteiger partial charge in [-0.25, -0.2) is 9.59 Å². The highest BCUT2D eigenvalue weighted by Crippen LogP contribution is 2.05. The van der Waals surface area contributed by atoms with Gasteiger partial charge in [0, 0.05) is 13.2 Å². The van der Waals surface area contributed by atoms with E-state index >= 15 is 0 Å². The van der Waals surface area contributed by atoms with Crippen LogP contribution in [0.1, 0.15) is 22.3 Å². The molecule has 20 heavy (non-hydrogen) atoms. The Morgan fingerprint density at radius 3 is 2.65 bits per heavy atom. The predicted octanol–water partition coefficient (Wildman–Crippen LogP) is 1.02. The molecule has 0 aliphatic carbocycles. The van der Waals surface area contributed by atoms with E-state index in [2.05, 4.69) is 10.6 Å². The minimum atomic E-state index is -0.937. The number of hydrogen-bond donors (Lipinski definition) is 3. The maximum Gasteiger partial charge on any atom is 0.335 e. The van der Waals surface area contributed by atoms with Crippen molar-refractivity contribution in [1.29, 1.82) is 0 Å². The third-order valence-corrected chi connectivity index (χ3v) is 3.17. The number of aromatic carboxylic acids is 1. The van der Waals surface area contributed by atoms with Crippen LogP contribution in [0, 0.1) is 0 Å². The van der Waals surface area contributed by atoms with E-state index in [1.165, 1.54) is 0 Å². The van der Waals surface area contributed by atoms with E-state index in [9.17, 15) is 9.59 Å². The molecule has 0 aromatic heterocycles. The van der Waals surface area contributed by atoms with Crippen molar-refractivity contribution >= 4 is 12.0 Å². The Bertz CT molecular complexity index is 467. The van der Waals surface area contributed by atoms with E-state index in [0.717, 1.165) is 12.0 Å². The van der Waals surface area contributed by atoms with E-state index in [0.29, 0.717) is 26.2 Å². The molecule has 0 bridgehead atoms. The summed E-state index contributed by atoms with van der Waals surface area (Å²) in [6, 6.07) is 6.55. The van der Waals surface area contributed by atoms with Crippen molar-refractivity contribution < 1.29 is 19.4 Å². The number of ether oxygens (including phenoxy) is 1. The Balaban J connectivity index is 1.69. The lowest BCUT2D eigenvalue weighted by atomic mass is 10.1. The number of carboxylic acid groups (broad SMARTS) is 1. The van der Waals surface area contributed by atoms with Gasteiger partial charge < -0.3 is 20.5 Å². The van der Waals surface area contributed by atoms with E-state index in [1.54, 1.807) is 24.3 Å². The van der Waals surface area contributed by atoms with Crippen LogP contribution in [-0.2, 0) is 11.2 Å². The van der Waals surface area contributed by atoms with Gasteiger partial charge in [-0.1, -0.05) is 12.1 Å². The number of carbonyl (C=O) groups is 2. The number of urea groups is 1. The summed E-state index contributed by atoms with van der Waals surface area (Å²) < 4.78 is 5.17. The minimum Gasteiger partial charge on any atom is -0.478 e. The average Bonchev–Trinajstić information content (AvgIpc) is 2.92. The summed E-state index contributed by atoms with van der Waals surface area (Å²) in [5, 5.41) is 14.4. The fraction of sp³-hybridized carbons (Fsp3) is 0.429. The number of hydrogen-bond acceptors (Lipinski definition) is 3. The molecule has 2 rings (SSSR count). The second-order valence-electron chi connectivity index (χ2n) is 4.71. The molecule has 6 nitrogen and oxygen atoms in total. The zero-order chi connectivity index (χ0) is 14.4. The molecule has 1 fully saturated rings. The second-order valence-corrected chi connectivity index (χ2v) is 4.71. The van der Waals surface area contributed by atoms with E-state index in [4.69, 9.17) is 9.84 Å². The zero-order valence-electron chi connectivity index (χ0n) is 11.1. The van der Waals surface area contributed by atoms with Gasteiger partial charge in [-0.15, -0.1) is 0 Å². The number of benzene rings is 1. The molecular weight excluding hydrogens is 260 g/mol. The smallest absolute Gasteiger partial charge is 0.335 e. The van der Waals surface area contributed by atoms with Crippen molar-refractivity contribution in [3.8, 4) is 0 Å². The van der Waals surface area contributed by atoms with Gasteiger partial charge in [0.2, 0.25) is 0 Å². The third kappa shape index (κ3) is 4.24. The lowest BCUT2D eigenvalue weighted by Gasteiger charge is -2.11. The maximum atomic E-state index is 11.6. The van der Waals surface area contributed by atoms with Crippen LogP contribution >= 0.6 is 0 Å². The predicted molar refractivity (Wildman–Crippen MR) is 72.9 cm³/mol. The van der Waals surface area contributed by atoms with Crippen molar-refractivity contribution in [2.45, 2.75) is 18.9 Å². The molecule has 3 N–H and O–H groups in total. The lowest BCUT2D eigenvalue weighted by molar-refractivity contribution is 0.0697. The van der Waals surface area contributed by atoms with Gasteiger partial charge in [0.1, 0.15) is 0 Å². The average molecular weight is 278 g/mol. The van der Waals surface area contributed by atoms with E-state index < -0.39 is 5.97 Å². The summed E-state index contributed by atoms with van der Waals surface area (Å²) in [6.45, 7) is 1.77. The third-order valence-electron chi connectivity index (χ3n) is 3.17. The van der Waals surface area contributed by atoms with Crippen molar-refractivity contribution in [3.05, 3.63) is 35.4 Å². The minimum absolute atomic E-state index is 0.102. The van der Waals surface area contributed by atoms with Gasteiger partial charge in [-0.3, -0.25) is 0 Å². The Labute approximate surface area is 117 Å². The molecule has 108 valence electrons. The van der Waals surface area contributed by atoms with Crippen LogP contribution in [0.15, 0.2) is 24.3 Å². The van der Waals surface area contributed by atoms with Crippen LogP contribution in [0.2, 0.25) is 0 Å². The van der Waals surface area contributed by atoms with Gasteiger partial charge in [-0.05, 0) is 30.5 Å². The van der Waals surface area contributed by atoms with Gasteiger partial charge >= 0.3 is 12.0 Å². The maximum absolute atomic E-state index is 11.6. The molecule has 6 heteroatoms. The molecule has 1 aromatic rings. The van der Waals surface area contributed by atoms with Crippen molar-refractivity contribution in [2.24, 2.45) is 0 Å². The molecule has 1 aromatic carbocycles. The summed E-state index contributed by atoms with van der Waals surface area (Å²) in [7, 11) is 0. The molecule has 0 radical (unpaired) electrons. The summed E-state index contributed by atoms with van der Waals surface area (Å²) in [4.78, 5) is 22.3. The molecule has 1 unspecified atom stereocenters. The summed E-state index contributed by atoms with van der Waals surface area (Å²) in [5.74, 6) is -0.937. The number of amides is 2. The molecule has 1 heterocycles. The van der Waals surface area contributed by atoms with Gasteiger partial charge in [-0.2, -0.15) is 0 Å². The van der Waals surface area contributed by atoms with Gasteiger partial charge in [0.25, 0.3) is 0 Å². The van der Waals surface area contributed by atoms with Crippen LogP contribution in [-0.4, -0.2) is 42.9 Å². The van der Waals surface area contributed by atoms with Crippen LogP contribution in [0.3, 0.4) is 0 Å². The number of rotatable bonds is 5. The monoisotopic (exact) mass is 278 g/mol. The quantitative estimate of drug-likeness (QED) is 0.750. The van der Waals surface area contributed by atoms with E-state index in [1.807, 2.05) is 0 Å². The highest BCUT2D eigenvalue weighted by Gasteiger charge is 2.17. The summed E-state index contributed by atoms with van der Waals surface area (Å²) in [6.07, 6.45) is 1.51. The molecule has 1 saturated heterocycles. The Morgan fingerprint density at radius 1 is 1.30 bits per heavy atom. The first-order chi connectivity index (χ1) is 9.65. The molecule has 2 amide bonds. The van der Waals surface area contributed by atoms with Crippen LogP contribution < -0.4 is 10.6 Å². The SMILES string of the molecule is O=C(NCCc1ccc(C(=O)O)cc1)NC1CCOC1. The number of carbonyl (C=O) groups excluding carboxylic acids is 1. The first kappa shape index (κ1) is 14.3. The highest BCUT2D eigenvalue weighted by molar-refractivity contribution is 5.87. The first-order valence-corrected chi connectivity index (χ1v) is 6.59. The molecule has 1 aliphatic heterocycles. The molecule has 1 atom stereocenters. The fourth-order valence-corrected chi connectivity index (χ4v) is 2.02. The Kier molecular flexibility index (Phi) is 4.95. The number of carboxylic acids is 1. The summed E-state index contributed by atoms with van der Waals surface area (Å²) in [5.41, 5.74) is 1.25. The van der Waals surface area contributed by atoms with Crippen LogP contribution in [0.5, 0.6) is 0 Å². The normalized spacial score (nSPS) is 17.7. The largest absolute Gasteiger partial charge is 0.478 e. The van der Waals surface area contributed by atoms with Gasteiger partial charge in [0.15, 0.2) is 0 Å². The topological polar surface area (TPSA) is 87.7 Å². The van der Waals surface area contributed by atoms with Gasteiger partial charge in [0.05, 0.1) is 18.2 Å². The Hall–Kier alpha value is -2.08. The molecule has 1 aliphatic rings. The van der Waals surface area contributed by atoms with Crippen LogP contribution in [0.4, 0.5) is 4.79 Å². The fourth-order valence-electron chi connectivity index (χ4n) is 2.02. The lowest BCUT2D eigenvalue weighted by Crippen LogP contribution is -2.42. The molecular formula is C14H18N2O4. The molecule has 0 spiro atoms. The zero-order valence-corrected chi connectivity index (χ0v) is 11.1. The van der Waals surface area contributed by atoms with Crippen LogP contribution in [0.25, 0.3) is 0 Å². The summed E-state index contributed by atoms with van der Waals surface area (Å²) >= 11 is 0. The second kappa shape index (κ2) is 6.91. The van der Waals surface area contributed by atoms with Crippen molar-refractivity contribution in [1.82, 2.24) is 10.6 Å².